The van der Waals surface area contributed by atoms with Gasteiger partial charge in [0.2, 0.25) is 11.8 Å². The van der Waals surface area contributed by atoms with E-state index in [0.29, 0.717) is 22.3 Å². The average Bonchev–Trinajstić information content (AvgIpc) is 3.63. The van der Waals surface area contributed by atoms with Gasteiger partial charge in [-0.25, -0.2) is 0 Å². The molecule has 1 aliphatic rings. The summed E-state index contributed by atoms with van der Waals surface area (Å²) in [5.41, 5.74) is 2.18. The van der Waals surface area contributed by atoms with Crippen LogP contribution in [0.5, 0.6) is 0 Å². The zero-order chi connectivity index (χ0) is 22.8. The second-order valence-corrected chi connectivity index (χ2v) is 8.61. The lowest BCUT2D eigenvalue weighted by Crippen LogP contribution is -2.36. The molecule has 0 radical (unpaired) electrons. The molecule has 2 amide bonds. The van der Waals surface area contributed by atoms with Gasteiger partial charge in [-0.2, -0.15) is 0 Å². The van der Waals surface area contributed by atoms with Gasteiger partial charge in [0.25, 0.3) is 5.56 Å². The van der Waals surface area contributed by atoms with Crippen LogP contribution in [0.1, 0.15) is 49.8 Å². The van der Waals surface area contributed by atoms with Crippen LogP contribution < -0.4 is 16.2 Å². The van der Waals surface area contributed by atoms with Crippen molar-refractivity contribution in [2.45, 2.75) is 50.6 Å². The lowest BCUT2D eigenvalue weighted by atomic mass is 9.99. The summed E-state index contributed by atoms with van der Waals surface area (Å²) in [5, 5.41) is 6.98. The Hall–Kier alpha value is -3.12. The molecule has 0 spiro atoms. The molecule has 0 aliphatic heterocycles. The predicted octanol–water partition coefficient (Wildman–Crippen LogP) is 4.32. The summed E-state index contributed by atoms with van der Waals surface area (Å²) in [4.78, 5) is 38.4. The summed E-state index contributed by atoms with van der Waals surface area (Å²) >= 11 is 5.84. The van der Waals surface area contributed by atoms with Crippen molar-refractivity contribution < 1.29 is 9.59 Å². The Morgan fingerprint density at radius 3 is 2.41 bits per heavy atom. The maximum atomic E-state index is 13.1. The number of anilines is 1. The van der Waals surface area contributed by atoms with Crippen LogP contribution in [0.2, 0.25) is 0 Å². The van der Waals surface area contributed by atoms with Crippen molar-refractivity contribution >= 4 is 39.9 Å². The zero-order valence-corrected chi connectivity index (χ0v) is 18.9. The van der Waals surface area contributed by atoms with Crippen molar-refractivity contribution in [3.63, 3.8) is 0 Å². The fourth-order valence-electron chi connectivity index (χ4n) is 3.67. The number of aromatic nitrogens is 1. The number of alkyl halides is 1. The molecule has 6 nitrogen and oxygen atoms in total. The highest BCUT2D eigenvalue weighted by atomic mass is 35.5. The zero-order valence-electron chi connectivity index (χ0n) is 18.1. The van der Waals surface area contributed by atoms with Crippen molar-refractivity contribution in [2.24, 2.45) is 0 Å². The minimum atomic E-state index is -0.610. The number of fused-ring (bicyclic) bond motifs is 1. The number of carbonyl (C=O) groups is 2. The first-order chi connectivity index (χ1) is 15.4. The highest BCUT2D eigenvalue weighted by molar-refractivity contribution is 6.17. The number of nitrogens with zero attached hydrogens (tertiary/aromatic N) is 1. The van der Waals surface area contributed by atoms with Crippen LogP contribution in [0.25, 0.3) is 10.8 Å². The lowest BCUT2D eigenvalue weighted by molar-refractivity contribution is -0.124. The number of carbonyl (C=O) groups excluding carboxylic acids is 2. The van der Waals surface area contributed by atoms with Crippen LogP contribution in [0.15, 0.2) is 59.5 Å². The minimum absolute atomic E-state index is 0.160. The molecular weight excluding hydrogens is 426 g/mol. The number of benzene rings is 2. The van der Waals surface area contributed by atoms with Gasteiger partial charge in [0.05, 0.1) is 5.92 Å². The molecule has 2 aromatic carbocycles. The Morgan fingerprint density at radius 2 is 1.75 bits per heavy atom. The number of nitrogens with one attached hydrogen (secondary N) is 2. The summed E-state index contributed by atoms with van der Waals surface area (Å²) < 4.78 is 1.44. The van der Waals surface area contributed by atoms with Crippen LogP contribution in [0.3, 0.4) is 0 Å². The highest BCUT2D eigenvalue weighted by Gasteiger charge is 2.27. The van der Waals surface area contributed by atoms with E-state index in [1.165, 1.54) is 4.57 Å². The molecule has 1 saturated carbocycles. The van der Waals surface area contributed by atoms with Gasteiger partial charge >= 0.3 is 0 Å². The van der Waals surface area contributed by atoms with Crippen LogP contribution >= 0.6 is 11.6 Å². The summed E-state index contributed by atoms with van der Waals surface area (Å²) in [7, 11) is 0. The summed E-state index contributed by atoms with van der Waals surface area (Å²) in [5.74, 6) is -0.277. The quantitative estimate of drug-likeness (QED) is 0.525. The molecule has 2 N–H and O–H groups in total. The van der Waals surface area contributed by atoms with Crippen LogP contribution in [-0.4, -0.2) is 22.4 Å². The molecule has 1 fully saturated rings. The molecule has 32 heavy (non-hydrogen) atoms. The highest BCUT2D eigenvalue weighted by Crippen LogP contribution is 2.25. The maximum absolute atomic E-state index is 13.1. The first-order valence-corrected chi connectivity index (χ1v) is 11.3. The second-order valence-electron chi connectivity index (χ2n) is 8.34. The molecular formula is C25H26ClN3O3. The number of hydrogen-bond acceptors (Lipinski definition) is 3. The average molecular weight is 452 g/mol. The molecule has 0 bridgehead atoms. The smallest absolute Gasteiger partial charge is 0.259 e. The summed E-state index contributed by atoms with van der Waals surface area (Å²) in [6.07, 6.45) is 3.60. The van der Waals surface area contributed by atoms with E-state index in [-0.39, 0.29) is 29.3 Å². The minimum Gasteiger partial charge on any atom is -0.352 e. The van der Waals surface area contributed by atoms with Gasteiger partial charge < -0.3 is 15.2 Å². The van der Waals surface area contributed by atoms with Gasteiger partial charge in [-0.1, -0.05) is 30.3 Å². The van der Waals surface area contributed by atoms with Gasteiger partial charge in [-0.3, -0.25) is 14.4 Å². The third-order valence-corrected chi connectivity index (χ3v) is 6.29. The third kappa shape index (κ3) is 4.55. The van der Waals surface area contributed by atoms with E-state index in [0.717, 1.165) is 24.0 Å². The SMILES string of the molecule is C[C@H](C(=O)Nc1cccc2c(=O)n([C@H](C)C(=O)NC3CC3)ccc12)c1ccc(CCl)cc1. The molecule has 1 aromatic heterocycles. The third-order valence-electron chi connectivity index (χ3n) is 5.98. The standard InChI is InChI=1S/C25H26ClN3O3/c1-15(18-8-6-17(14-26)7-9-18)23(30)28-22-5-3-4-21-20(22)12-13-29(25(21)32)16(2)24(31)27-19-10-11-19/h3-9,12-13,15-16,19H,10-11,14H2,1-2H3,(H,27,31)(H,28,30)/t15-,16+/m0/s1. The fraction of sp³-hybridized carbons (Fsp3) is 0.320. The number of rotatable bonds is 7. The molecule has 3 aromatic rings. The molecule has 7 heteroatoms. The van der Waals surface area contributed by atoms with Crippen molar-refractivity contribution in [3.8, 4) is 0 Å². The normalized spacial score (nSPS) is 15.2. The Bertz CT molecular complexity index is 1220. The van der Waals surface area contributed by atoms with E-state index in [1.54, 1.807) is 37.4 Å². The van der Waals surface area contributed by atoms with Crippen molar-refractivity contribution in [1.82, 2.24) is 9.88 Å². The molecule has 1 aliphatic carbocycles. The van der Waals surface area contributed by atoms with Crippen LogP contribution in [0, 0.1) is 0 Å². The van der Waals surface area contributed by atoms with Crippen LogP contribution in [0.4, 0.5) is 5.69 Å². The van der Waals surface area contributed by atoms with Gasteiger partial charge in [0.15, 0.2) is 0 Å². The maximum Gasteiger partial charge on any atom is 0.259 e. The van der Waals surface area contributed by atoms with E-state index in [9.17, 15) is 14.4 Å². The van der Waals surface area contributed by atoms with E-state index >= 15 is 0 Å². The Balaban J connectivity index is 1.57. The first-order valence-electron chi connectivity index (χ1n) is 10.8. The number of hydrogen-bond donors (Lipinski definition) is 2. The van der Waals surface area contributed by atoms with Gasteiger partial charge in [0.1, 0.15) is 6.04 Å². The fourth-order valence-corrected chi connectivity index (χ4v) is 3.85. The monoisotopic (exact) mass is 451 g/mol. The molecule has 0 saturated heterocycles. The van der Waals surface area contributed by atoms with Crippen molar-refractivity contribution in [2.75, 3.05) is 5.32 Å². The summed E-state index contributed by atoms with van der Waals surface area (Å²) in [6, 6.07) is 14.2. The van der Waals surface area contributed by atoms with E-state index in [1.807, 2.05) is 31.2 Å². The van der Waals surface area contributed by atoms with E-state index in [2.05, 4.69) is 10.6 Å². The molecule has 4 rings (SSSR count). The van der Waals surface area contributed by atoms with E-state index in [4.69, 9.17) is 11.6 Å². The number of pyridine rings is 1. The van der Waals surface area contributed by atoms with Crippen LogP contribution in [-0.2, 0) is 15.5 Å². The summed E-state index contributed by atoms with van der Waals surface area (Å²) in [6.45, 7) is 3.55. The lowest BCUT2D eigenvalue weighted by Gasteiger charge is -2.17. The largest absolute Gasteiger partial charge is 0.352 e. The molecule has 0 unspecified atom stereocenters. The van der Waals surface area contributed by atoms with Crippen molar-refractivity contribution in [1.29, 1.82) is 0 Å². The van der Waals surface area contributed by atoms with E-state index < -0.39 is 6.04 Å². The topological polar surface area (TPSA) is 80.2 Å². The van der Waals surface area contributed by atoms with Crippen molar-refractivity contribution in [3.05, 3.63) is 76.2 Å². The number of amides is 2. The Kier molecular flexibility index (Phi) is 6.33. The molecule has 2 atom stereocenters. The van der Waals surface area contributed by atoms with Gasteiger partial charge in [-0.15, -0.1) is 11.6 Å². The Morgan fingerprint density at radius 1 is 1.03 bits per heavy atom. The first kappa shape index (κ1) is 22.1. The molecule has 166 valence electrons. The van der Waals surface area contributed by atoms with Gasteiger partial charge in [-0.05, 0) is 56.0 Å². The van der Waals surface area contributed by atoms with Gasteiger partial charge in [0, 0.05) is 34.6 Å². The molecule has 1 heterocycles. The Labute approximate surface area is 191 Å². The number of halogens is 1. The predicted molar refractivity (Wildman–Crippen MR) is 127 cm³/mol. The second kappa shape index (κ2) is 9.17.